The van der Waals surface area contributed by atoms with Crippen LogP contribution in [0.25, 0.3) is 10.9 Å². The van der Waals surface area contributed by atoms with E-state index >= 15 is 0 Å². The summed E-state index contributed by atoms with van der Waals surface area (Å²) in [6.45, 7) is 3.37. The number of benzene rings is 2. The Bertz CT molecular complexity index is 1450. The summed E-state index contributed by atoms with van der Waals surface area (Å²) < 4.78 is 12.8. The van der Waals surface area contributed by atoms with Gasteiger partial charge in [-0.15, -0.1) is 10.2 Å². The van der Waals surface area contributed by atoms with Gasteiger partial charge in [0.2, 0.25) is 5.88 Å². The third kappa shape index (κ3) is 4.18. The minimum absolute atomic E-state index is 0.0377. The van der Waals surface area contributed by atoms with Crippen LogP contribution in [-0.4, -0.2) is 46.2 Å². The van der Waals surface area contributed by atoms with Crippen LogP contribution in [0.5, 0.6) is 17.4 Å². The van der Waals surface area contributed by atoms with Crippen molar-refractivity contribution in [3.8, 4) is 17.4 Å². The van der Waals surface area contributed by atoms with Gasteiger partial charge in [0.1, 0.15) is 0 Å². The normalized spacial score (nSPS) is 15.8. The van der Waals surface area contributed by atoms with Gasteiger partial charge in [-0.1, -0.05) is 18.2 Å². The number of carbonyl (C=O) groups is 1. The summed E-state index contributed by atoms with van der Waals surface area (Å²) in [5.41, 5.74) is 3.79. The zero-order valence-electron chi connectivity index (χ0n) is 20.4. The van der Waals surface area contributed by atoms with Crippen molar-refractivity contribution in [3.63, 3.8) is 0 Å². The maximum absolute atomic E-state index is 12.4. The first-order valence-corrected chi connectivity index (χ1v) is 11.7. The summed E-state index contributed by atoms with van der Waals surface area (Å²) in [6, 6.07) is 15.0. The molecule has 3 heterocycles. The minimum Gasteiger partial charge on any atom is -0.493 e. The molecule has 9 nitrogen and oxygen atoms in total. The lowest BCUT2D eigenvalue weighted by Crippen LogP contribution is -2.35. The van der Waals surface area contributed by atoms with Crippen molar-refractivity contribution < 1.29 is 19.4 Å². The van der Waals surface area contributed by atoms with Gasteiger partial charge in [0, 0.05) is 30.4 Å². The van der Waals surface area contributed by atoms with Gasteiger partial charge in [-0.3, -0.25) is 19.2 Å². The number of aromatic hydroxyl groups is 1. The number of amides is 1. The van der Waals surface area contributed by atoms with Crippen LogP contribution in [0.3, 0.4) is 0 Å². The Kier molecular flexibility index (Phi) is 6.39. The van der Waals surface area contributed by atoms with E-state index in [0.717, 1.165) is 29.8 Å². The molecule has 0 saturated carbocycles. The first-order chi connectivity index (χ1) is 17.5. The quantitative estimate of drug-likeness (QED) is 0.374. The number of para-hydroxylation sites is 1. The smallest absolute Gasteiger partial charge is 0.296 e. The molecule has 5 rings (SSSR count). The van der Waals surface area contributed by atoms with Crippen LogP contribution in [0.15, 0.2) is 71.2 Å². The fourth-order valence-electron chi connectivity index (χ4n) is 4.73. The lowest BCUT2D eigenvalue weighted by atomic mass is 9.93. The van der Waals surface area contributed by atoms with E-state index in [4.69, 9.17) is 9.47 Å². The Morgan fingerprint density at radius 3 is 2.67 bits per heavy atom. The number of ether oxygens (including phenoxy) is 2. The SMILES string of the molecule is COc1cc2c(cc1OC)C(C)N(Cn1c(O)c(N=NC(=O)c3cccnc3)c3ccccc31)CC2. The monoisotopic (exact) mass is 485 g/mol. The van der Waals surface area contributed by atoms with E-state index < -0.39 is 5.91 Å². The van der Waals surface area contributed by atoms with Crippen LogP contribution < -0.4 is 9.47 Å². The molecule has 2 aromatic heterocycles. The molecule has 184 valence electrons. The maximum atomic E-state index is 12.4. The third-order valence-electron chi connectivity index (χ3n) is 6.70. The number of fused-ring (bicyclic) bond motifs is 2. The first kappa shape index (κ1) is 23.5. The Morgan fingerprint density at radius 1 is 1.14 bits per heavy atom. The van der Waals surface area contributed by atoms with Crippen LogP contribution in [0.4, 0.5) is 5.69 Å². The lowest BCUT2D eigenvalue weighted by Gasteiger charge is -2.36. The van der Waals surface area contributed by atoms with Crippen molar-refractivity contribution in [2.24, 2.45) is 10.2 Å². The number of azo groups is 1. The molecule has 36 heavy (non-hydrogen) atoms. The second-order valence-electron chi connectivity index (χ2n) is 8.65. The van der Waals surface area contributed by atoms with Gasteiger partial charge in [-0.2, -0.15) is 0 Å². The van der Waals surface area contributed by atoms with Crippen molar-refractivity contribution in [1.29, 1.82) is 0 Å². The molecule has 1 N–H and O–H groups in total. The molecule has 1 amide bonds. The van der Waals surface area contributed by atoms with E-state index in [9.17, 15) is 9.90 Å². The molecule has 0 bridgehead atoms. The van der Waals surface area contributed by atoms with Gasteiger partial charge < -0.3 is 14.6 Å². The predicted molar refractivity (Wildman–Crippen MR) is 135 cm³/mol. The summed E-state index contributed by atoms with van der Waals surface area (Å²) in [7, 11) is 3.27. The highest BCUT2D eigenvalue weighted by molar-refractivity contribution is 5.97. The summed E-state index contributed by atoms with van der Waals surface area (Å²) in [4.78, 5) is 18.7. The molecule has 4 aromatic rings. The average Bonchev–Trinajstić information content (AvgIpc) is 3.18. The largest absolute Gasteiger partial charge is 0.493 e. The first-order valence-electron chi connectivity index (χ1n) is 11.7. The second-order valence-corrected chi connectivity index (χ2v) is 8.65. The molecule has 1 atom stereocenters. The van der Waals surface area contributed by atoms with E-state index in [1.807, 2.05) is 36.4 Å². The molecule has 1 aliphatic rings. The zero-order chi connectivity index (χ0) is 25.2. The molecule has 0 radical (unpaired) electrons. The summed E-state index contributed by atoms with van der Waals surface area (Å²) in [6.07, 6.45) is 3.86. The molecule has 0 saturated heterocycles. The Balaban J connectivity index is 1.47. The molecule has 2 aromatic carbocycles. The van der Waals surface area contributed by atoms with E-state index in [2.05, 4.69) is 27.0 Å². The number of hydrogen-bond donors (Lipinski definition) is 1. The molecule has 0 aliphatic carbocycles. The van der Waals surface area contributed by atoms with Gasteiger partial charge in [0.05, 0.1) is 32.0 Å². The van der Waals surface area contributed by atoms with E-state index in [1.165, 1.54) is 11.8 Å². The van der Waals surface area contributed by atoms with Gasteiger partial charge in [0.25, 0.3) is 5.91 Å². The van der Waals surface area contributed by atoms with E-state index in [0.29, 0.717) is 23.4 Å². The Morgan fingerprint density at radius 2 is 1.92 bits per heavy atom. The van der Waals surface area contributed by atoms with Crippen LogP contribution >= 0.6 is 0 Å². The standard InChI is InChI=1S/C27H27N5O4/c1-17-21-14-24(36-3)23(35-2)13-18(21)10-12-31(17)16-32-22-9-5-4-8-20(22)25(27(32)34)29-30-26(33)19-7-6-11-28-15-19/h4-9,11,13-15,17,34H,10,12,16H2,1-3H3. The number of rotatable bonds is 6. The van der Waals surface area contributed by atoms with Gasteiger partial charge in [-0.25, -0.2) is 0 Å². The summed E-state index contributed by atoms with van der Waals surface area (Å²) in [5.74, 6) is 0.858. The lowest BCUT2D eigenvalue weighted by molar-refractivity contribution is 0.0994. The Labute approximate surface area is 208 Å². The van der Waals surface area contributed by atoms with Gasteiger partial charge in [-0.05, 0) is 54.8 Å². The molecule has 1 aliphatic heterocycles. The van der Waals surface area contributed by atoms with Crippen molar-refractivity contribution in [2.45, 2.75) is 26.1 Å². The van der Waals surface area contributed by atoms with Gasteiger partial charge >= 0.3 is 0 Å². The number of methoxy groups -OCH3 is 2. The molecule has 1 unspecified atom stereocenters. The summed E-state index contributed by atoms with van der Waals surface area (Å²) >= 11 is 0. The highest BCUT2D eigenvalue weighted by atomic mass is 16.5. The highest BCUT2D eigenvalue weighted by Gasteiger charge is 2.28. The van der Waals surface area contributed by atoms with Crippen LogP contribution in [-0.2, 0) is 13.1 Å². The molecular formula is C27H27N5O4. The van der Waals surface area contributed by atoms with Crippen molar-refractivity contribution in [2.75, 3.05) is 20.8 Å². The molecule has 0 spiro atoms. The number of aromatic nitrogens is 2. The van der Waals surface area contributed by atoms with Crippen LogP contribution in [0.2, 0.25) is 0 Å². The highest BCUT2D eigenvalue weighted by Crippen LogP contribution is 2.42. The fourth-order valence-corrected chi connectivity index (χ4v) is 4.73. The zero-order valence-corrected chi connectivity index (χ0v) is 20.4. The summed E-state index contributed by atoms with van der Waals surface area (Å²) in [5, 5.41) is 19.9. The molecule has 9 heteroatoms. The number of pyridine rings is 1. The second kappa shape index (κ2) is 9.79. The number of nitrogens with zero attached hydrogens (tertiary/aromatic N) is 5. The van der Waals surface area contributed by atoms with Crippen molar-refractivity contribution in [3.05, 3.63) is 77.6 Å². The predicted octanol–water partition coefficient (Wildman–Crippen LogP) is 5.26. The van der Waals surface area contributed by atoms with E-state index in [1.54, 1.807) is 37.1 Å². The maximum Gasteiger partial charge on any atom is 0.296 e. The van der Waals surface area contributed by atoms with Gasteiger partial charge in [0.15, 0.2) is 17.2 Å². The van der Waals surface area contributed by atoms with Crippen LogP contribution in [0, 0.1) is 0 Å². The molecule has 0 fully saturated rings. The fraction of sp³-hybridized carbons (Fsp3) is 0.259. The van der Waals surface area contributed by atoms with Crippen molar-refractivity contribution >= 4 is 22.5 Å². The third-order valence-corrected chi connectivity index (χ3v) is 6.70. The van der Waals surface area contributed by atoms with E-state index in [-0.39, 0.29) is 17.6 Å². The Hall–Kier alpha value is -4.24. The number of carbonyl (C=O) groups excluding carboxylic acids is 1. The minimum atomic E-state index is -0.523. The number of hydrogen-bond acceptors (Lipinski definition) is 7. The molecular weight excluding hydrogens is 458 g/mol. The van der Waals surface area contributed by atoms with Crippen LogP contribution in [0.1, 0.15) is 34.5 Å². The topological polar surface area (TPSA) is 102 Å². The average molecular weight is 486 g/mol. The van der Waals surface area contributed by atoms with Crippen molar-refractivity contribution in [1.82, 2.24) is 14.5 Å².